The molecule has 0 spiro atoms. The number of amides is 1. The quantitative estimate of drug-likeness (QED) is 0.722. The number of hydrogen-bond acceptors (Lipinski definition) is 3. The van der Waals surface area contributed by atoms with Crippen LogP contribution < -0.4 is 11.1 Å². The van der Waals surface area contributed by atoms with Crippen molar-refractivity contribution in [1.29, 1.82) is 0 Å². The highest BCUT2D eigenvalue weighted by Crippen LogP contribution is 2.28. The molecule has 21 heavy (non-hydrogen) atoms. The molecule has 3 unspecified atom stereocenters. The Morgan fingerprint density at radius 3 is 2.52 bits per heavy atom. The second kappa shape index (κ2) is 7.10. The molecule has 4 heteroatoms. The zero-order valence-electron chi connectivity index (χ0n) is 14.0. The predicted molar refractivity (Wildman–Crippen MR) is 87.0 cm³/mol. The number of primary amides is 1. The summed E-state index contributed by atoms with van der Waals surface area (Å²) < 4.78 is 0. The van der Waals surface area contributed by atoms with Crippen LogP contribution in [0.1, 0.15) is 65.2 Å². The van der Waals surface area contributed by atoms with Gasteiger partial charge in [0.1, 0.15) is 0 Å². The molecule has 1 amide bonds. The van der Waals surface area contributed by atoms with Gasteiger partial charge < -0.3 is 16.0 Å². The second-order valence-corrected chi connectivity index (χ2v) is 7.53. The molecule has 0 aromatic heterocycles. The number of hydrogen-bond donors (Lipinski definition) is 2. The number of nitrogens with one attached hydrogen (secondary N) is 1. The normalized spacial score (nSPS) is 29.3. The molecule has 0 aliphatic heterocycles. The molecular formula is C17H33N3O. The zero-order chi connectivity index (χ0) is 15.5. The number of rotatable bonds is 8. The third-order valence-corrected chi connectivity index (χ3v) is 5.46. The van der Waals surface area contributed by atoms with E-state index in [1.807, 2.05) is 6.92 Å². The third kappa shape index (κ3) is 4.68. The first-order valence-electron chi connectivity index (χ1n) is 8.70. The summed E-state index contributed by atoms with van der Waals surface area (Å²) in [7, 11) is 2.24. The van der Waals surface area contributed by atoms with Crippen LogP contribution in [-0.4, -0.2) is 42.0 Å². The molecule has 0 bridgehead atoms. The van der Waals surface area contributed by atoms with E-state index in [-0.39, 0.29) is 5.91 Å². The van der Waals surface area contributed by atoms with Crippen molar-refractivity contribution >= 4 is 5.91 Å². The topological polar surface area (TPSA) is 58.4 Å². The van der Waals surface area contributed by atoms with Gasteiger partial charge in [0.15, 0.2) is 0 Å². The highest BCUT2D eigenvalue weighted by Gasteiger charge is 2.36. The van der Waals surface area contributed by atoms with Crippen molar-refractivity contribution in [3.63, 3.8) is 0 Å². The molecule has 2 aliphatic rings. The van der Waals surface area contributed by atoms with Crippen LogP contribution in [0.2, 0.25) is 0 Å². The lowest BCUT2D eigenvalue weighted by atomic mass is 9.85. The summed E-state index contributed by atoms with van der Waals surface area (Å²) in [5.74, 6) is 0.596. The lowest BCUT2D eigenvalue weighted by Gasteiger charge is -2.37. The van der Waals surface area contributed by atoms with Gasteiger partial charge in [-0.15, -0.1) is 0 Å². The highest BCUT2D eigenvalue weighted by molar-refractivity contribution is 5.84. The maximum Gasteiger partial charge on any atom is 0.237 e. The number of carbonyl (C=O) groups is 1. The van der Waals surface area contributed by atoms with Crippen LogP contribution >= 0.6 is 0 Å². The van der Waals surface area contributed by atoms with Crippen LogP contribution in [0.4, 0.5) is 0 Å². The number of nitrogens with zero attached hydrogens (tertiary/aromatic N) is 1. The van der Waals surface area contributed by atoms with E-state index in [1.54, 1.807) is 0 Å². The molecule has 0 radical (unpaired) electrons. The monoisotopic (exact) mass is 295 g/mol. The van der Waals surface area contributed by atoms with Crippen molar-refractivity contribution in [2.75, 3.05) is 13.6 Å². The van der Waals surface area contributed by atoms with Gasteiger partial charge in [-0.25, -0.2) is 0 Å². The summed E-state index contributed by atoms with van der Waals surface area (Å²) in [5.41, 5.74) is 5.09. The maximum absolute atomic E-state index is 11.8. The van der Waals surface area contributed by atoms with Gasteiger partial charge in [-0.1, -0.05) is 19.8 Å². The Hall–Kier alpha value is -0.610. The summed E-state index contributed by atoms with van der Waals surface area (Å²) in [4.78, 5) is 14.3. The highest BCUT2D eigenvalue weighted by atomic mass is 16.1. The van der Waals surface area contributed by atoms with E-state index in [0.717, 1.165) is 31.3 Å². The Morgan fingerprint density at radius 1 is 1.29 bits per heavy atom. The summed E-state index contributed by atoms with van der Waals surface area (Å²) in [5, 5.41) is 3.44. The van der Waals surface area contributed by atoms with Crippen LogP contribution in [0, 0.1) is 5.92 Å². The van der Waals surface area contributed by atoms with E-state index in [2.05, 4.69) is 24.2 Å². The van der Waals surface area contributed by atoms with Crippen LogP contribution in [0.15, 0.2) is 0 Å². The average molecular weight is 295 g/mol. The van der Waals surface area contributed by atoms with Crippen molar-refractivity contribution in [1.82, 2.24) is 10.2 Å². The van der Waals surface area contributed by atoms with E-state index in [9.17, 15) is 4.79 Å². The lowest BCUT2D eigenvalue weighted by Crippen LogP contribution is -2.54. The van der Waals surface area contributed by atoms with E-state index >= 15 is 0 Å². The fourth-order valence-electron chi connectivity index (χ4n) is 3.74. The van der Waals surface area contributed by atoms with Gasteiger partial charge in [0.05, 0.1) is 5.54 Å². The molecule has 0 saturated heterocycles. The molecular weight excluding hydrogens is 262 g/mol. The molecule has 4 nitrogen and oxygen atoms in total. The molecule has 2 rings (SSSR count). The Morgan fingerprint density at radius 2 is 1.95 bits per heavy atom. The molecule has 2 aliphatic carbocycles. The first-order chi connectivity index (χ1) is 9.92. The summed E-state index contributed by atoms with van der Waals surface area (Å²) in [6.07, 6.45) is 9.66. The van der Waals surface area contributed by atoms with Gasteiger partial charge in [0.25, 0.3) is 0 Å². The van der Waals surface area contributed by atoms with E-state index < -0.39 is 5.54 Å². The number of nitrogens with two attached hydrogens (primary N) is 1. The Bertz CT molecular complexity index is 356. The van der Waals surface area contributed by atoms with Gasteiger partial charge >= 0.3 is 0 Å². The SMILES string of the molecule is CC1CCCCC1N(C)CCCC(C)(NC1CC1)C(N)=O. The van der Waals surface area contributed by atoms with Crippen molar-refractivity contribution in [2.24, 2.45) is 11.7 Å². The van der Waals surface area contributed by atoms with Crippen molar-refractivity contribution in [2.45, 2.75) is 82.8 Å². The Kier molecular flexibility index (Phi) is 5.67. The minimum Gasteiger partial charge on any atom is -0.368 e. The Labute approximate surface area is 129 Å². The summed E-state index contributed by atoms with van der Waals surface area (Å²) in [6, 6.07) is 1.23. The smallest absolute Gasteiger partial charge is 0.237 e. The van der Waals surface area contributed by atoms with Gasteiger partial charge in [0, 0.05) is 12.1 Å². The third-order valence-electron chi connectivity index (χ3n) is 5.46. The van der Waals surface area contributed by atoms with Gasteiger partial charge in [0.2, 0.25) is 5.91 Å². The average Bonchev–Trinajstić information content (AvgIpc) is 3.22. The van der Waals surface area contributed by atoms with Gasteiger partial charge in [-0.2, -0.15) is 0 Å². The van der Waals surface area contributed by atoms with Crippen LogP contribution in [-0.2, 0) is 4.79 Å². The minimum absolute atomic E-state index is 0.205. The maximum atomic E-state index is 11.8. The molecule has 3 atom stereocenters. The minimum atomic E-state index is -0.528. The molecule has 2 saturated carbocycles. The zero-order valence-corrected chi connectivity index (χ0v) is 14.0. The van der Waals surface area contributed by atoms with E-state index in [4.69, 9.17) is 5.73 Å². The van der Waals surface area contributed by atoms with Crippen molar-refractivity contribution in [3.8, 4) is 0 Å². The van der Waals surface area contributed by atoms with Crippen molar-refractivity contribution in [3.05, 3.63) is 0 Å². The van der Waals surface area contributed by atoms with Gasteiger partial charge in [-0.3, -0.25) is 4.79 Å². The summed E-state index contributed by atoms with van der Waals surface area (Å²) >= 11 is 0. The molecule has 2 fully saturated rings. The first kappa shape index (κ1) is 16.8. The standard InChI is InChI=1S/C17H33N3O/c1-13-7-4-5-8-15(13)20(3)12-6-11-17(2,16(18)21)19-14-9-10-14/h13-15,19H,4-12H2,1-3H3,(H2,18,21). The largest absolute Gasteiger partial charge is 0.368 e. The molecule has 0 heterocycles. The fourth-order valence-corrected chi connectivity index (χ4v) is 3.74. The predicted octanol–water partition coefficient (Wildman–Crippen LogP) is 2.27. The lowest BCUT2D eigenvalue weighted by molar-refractivity contribution is -0.124. The van der Waals surface area contributed by atoms with Crippen LogP contribution in [0.25, 0.3) is 0 Å². The van der Waals surface area contributed by atoms with E-state index in [1.165, 1.54) is 38.5 Å². The first-order valence-corrected chi connectivity index (χ1v) is 8.70. The van der Waals surface area contributed by atoms with Crippen LogP contribution in [0.5, 0.6) is 0 Å². The molecule has 122 valence electrons. The Balaban J connectivity index is 1.77. The van der Waals surface area contributed by atoms with Crippen LogP contribution in [0.3, 0.4) is 0 Å². The van der Waals surface area contributed by atoms with E-state index in [0.29, 0.717) is 6.04 Å². The second-order valence-electron chi connectivity index (χ2n) is 7.53. The summed E-state index contributed by atoms with van der Waals surface area (Å²) in [6.45, 7) is 5.41. The number of carbonyl (C=O) groups excluding carboxylic acids is 1. The fraction of sp³-hybridized carbons (Fsp3) is 0.941. The molecule has 0 aromatic rings. The van der Waals surface area contributed by atoms with Crippen molar-refractivity contribution < 1.29 is 4.79 Å². The van der Waals surface area contributed by atoms with Gasteiger partial charge in [-0.05, 0) is 65.0 Å². The molecule has 0 aromatic carbocycles. The molecule has 3 N–H and O–H groups in total.